The normalized spacial score (nSPS) is 14.7. The van der Waals surface area contributed by atoms with Crippen LogP contribution < -0.4 is 10.2 Å². The maximum absolute atomic E-state index is 13.0. The van der Waals surface area contributed by atoms with Crippen molar-refractivity contribution >= 4 is 11.6 Å². The Bertz CT molecular complexity index is 755. The van der Waals surface area contributed by atoms with Crippen LogP contribution in [0.4, 0.5) is 4.39 Å². The van der Waals surface area contributed by atoms with Crippen molar-refractivity contribution in [1.82, 2.24) is 10.3 Å². The number of piperidine rings is 1. The van der Waals surface area contributed by atoms with Crippen molar-refractivity contribution in [1.29, 1.82) is 0 Å². The summed E-state index contributed by atoms with van der Waals surface area (Å²) in [5.41, 5.74) is 4.80. The van der Waals surface area contributed by atoms with Gasteiger partial charge in [-0.2, -0.15) is 5.10 Å². The lowest BCUT2D eigenvalue weighted by Crippen LogP contribution is -2.35. The molecule has 0 spiro atoms. The molecule has 1 fully saturated rings. The molecule has 5 nitrogen and oxygen atoms in total. The van der Waals surface area contributed by atoms with Gasteiger partial charge in [-0.3, -0.25) is 9.69 Å². The summed E-state index contributed by atoms with van der Waals surface area (Å²) < 4.78 is 18.3. The summed E-state index contributed by atoms with van der Waals surface area (Å²) >= 11 is 0. The quantitative estimate of drug-likeness (QED) is 0.811. The Balaban J connectivity index is 1.39. The molecule has 0 radical (unpaired) electrons. The Morgan fingerprint density at radius 2 is 1.88 bits per heavy atom. The fourth-order valence-electron chi connectivity index (χ4n) is 2.80. The molecule has 0 saturated carbocycles. The smallest absolute Gasteiger partial charge is 0.277 e. The molecule has 1 N–H and O–H groups in total. The Morgan fingerprint density at radius 1 is 1.12 bits per heavy atom. The van der Waals surface area contributed by atoms with E-state index in [1.54, 1.807) is 6.07 Å². The minimum atomic E-state index is -0.398. The van der Waals surface area contributed by atoms with Gasteiger partial charge in [0.1, 0.15) is 11.6 Å². The van der Waals surface area contributed by atoms with Crippen LogP contribution >= 0.6 is 0 Å². The van der Waals surface area contributed by atoms with E-state index >= 15 is 0 Å². The predicted molar refractivity (Wildman–Crippen MR) is 98.4 cm³/mol. The van der Waals surface area contributed by atoms with Gasteiger partial charge in [0, 0.05) is 44.3 Å². The summed E-state index contributed by atoms with van der Waals surface area (Å²) in [4.78, 5) is 14.2. The summed E-state index contributed by atoms with van der Waals surface area (Å²) in [7, 11) is 0. The van der Waals surface area contributed by atoms with Gasteiger partial charge in [-0.05, 0) is 17.7 Å². The summed E-state index contributed by atoms with van der Waals surface area (Å²) in [6, 6.07) is 16.1. The van der Waals surface area contributed by atoms with E-state index in [4.69, 9.17) is 4.74 Å². The first kappa shape index (κ1) is 18.1. The van der Waals surface area contributed by atoms with Crippen LogP contribution in [0.1, 0.15) is 18.4 Å². The van der Waals surface area contributed by atoms with Gasteiger partial charge in [-0.15, -0.1) is 0 Å². The van der Waals surface area contributed by atoms with Crippen molar-refractivity contribution in [3.05, 3.63) is 66.0 Å². The molecule has 3 rings (SSSR count). The van der Waals surface area contributed by atoms with E-state index < -0.39 is 5.82 Å². The molecular formula is C20H22FN3O2. The van der Waals surface area contributed by atoms with Crippen molar-refractivity contribution in [2.24, 2.45) is 5.10 Å². The number of amides is 1. The number of carbonyl (C=O) groups excluding carboxylic acids is 1. The number of rotatable bonds is 6. The fourth-order valence-corrected chi connectivity index (χ4v) is 2.80. The first-order valence-electron chi connectivity index (χ1n) is 8.68. The van der Waals surface area contributed by atoms with Gasteiger partial charge in [-0.1, -0.05) is 36.4 Å². The third kappa shape index (κ3) is 5.67. The molecule has 1 heterocycles. The number of hydrogen-bond donors (Lipinski definition) is 1. The standard InChI is InChI=1S/C20H22FN3O2/c21-17-7-4-8-19(13-17)26-15-20(25)23-22-18-9-11-24(12-10-18)14-16-5-2-1-3-6-16/h1-8,13H,9-12,14-15H2,(H,23,25). The molecule has 2 aromatic carbocycles. The number of likely N-dealkylation sites (tertiary alicyclic amines) is 1. The molecule has 0 bridgehead atoms. The van der Waals surface area contributed by atoms with Crippen LogP contribution in [0.15, 0.2) is 59.7 Å². The second-order valence-electron chi connectivity index (χ2n) is 6.22. The molecule has 26 heavy (non-hydrogen) atoms. The third-order valence-corrected chi connectivity index (χ3v) is 4.19. The molecule has 0 aromatic heterocycles. The zero-order chi connectivity index (χ0) is 18.2. The Kier molecular flexibility index (Phi) is 6.33. The lowest BCUT2D eigenvalue weighted by atomic mass is 10.1. The van der Waals surface area contributed by atoms with Crippen molar-refractivity contribution in [2.45, 2.75) is 19.4 Å². The van der Waals surface area contributed by atoms with Gasteiger partial charge in [0.25, 0.3) is 5.91 Å². The van der Waals surface area contributed by atoms with Crippen LogP contribution in [0, 0.1) is 5.82 Å². The van der Waals surface area contributed by atoms with Crippen LogP contribution in [0.2, 0.25) is 0 Å². The SMILES string of the molecule is O=C(COc1cccc(F)c1)NN=C1CCN(Cc2ccccc2)CC1. The second kappa shape index (κ2) is 9.10. The molecule has 136 valence electrons. The number of hydrazone groups is 1. The van der Waals surface area contributed by atoms with Crippen molar-refractivity contribution in [2.75, 3.05) is 19.7 Å². The van der Waals surface area contributed by atoms with E-state index in [-0.39, 0.29) is 12.5 Å². The highest BCUT2D eigenvalue weighted by Gasteiger charge is 2.15. The predicted octanol–water partition coefficient (Wildman–Crippen LogP) is 2.97. The molecule has 1 saturated heterocycles. The lowest BCUT2D eigenvalue weighted by Gasteiger charge is -2.27. The zero-order valence-electron chi connectivity index (χ0n) is 14.5. The highest BCUT2D eigenvalue weighted by Crippen LogP contribution is 2.12. The van der Waals surface area contributed by atoms with Crippen molar-refractivity contribution in [3.8, 4) is 5.75 Å². The lowest BCUT2D eigenvalue weighted by molar-refractivity contribution is -0.123. The summed E-state index contributed by atoms with van der Waals surface area (Å²) in [5.74, 6) is -0.430. The zero-order valence-corrected chi connectivity index (χ0v) is 14.5. The third-order valence-electron chi connectivity index (χ3n) is 4.19. The van der Waals surface area contributed by atoms with Crippen LogP contribution in [0.3, 0.4) is 0 Å². The number of nitrogens with one attached hydrogen (secondary N) is 1. The Hall–Kier alpha value is -2.73. The molecule has 0 aliphatic carbocycles. The average Bonchev–Trinajstić information content (AvgIpc) is 2.67. The van der Waals surface area contributed by atoms with Crippen LogP contribution in [-0.2, 0) is 11.3 Å². The number of hydrogen-bond acceptors (Lipinski definition) is 4. The number of benzene rings is 2. The van der Waals surface area contributed by atoms with Gasteiger partial charge in [0.05, 0.1) is 0 Å². The van der Waals surface area contributed by atoms with Gasteiger partial charge >= 0.3 is 0 Å². The minimum Gasteiger partial charge on any atom is -0.484 e. The molecular weight excluding hydrogens is 333 g/mol. The first-order valence-corrected chi connectivity index (χ1v) is 8.68. The van der Waals surface area contributed by atoms with E-state index in [2.05, 4.69) is 27.6 Å². The van der Waals surface area contributed by atoms with Gasteiger partial charge in [0.15, 0.2) is 6.61 Å². The maximum atomic E-state index is 13.0. The molecule has 1 amide bonds. The van der Waals surface area contributed by atoms with Crippen LogP contribution in [0.5, 0.6) is 5.75 Å². The fraction of sp³-hybridized carbons (Fsp3) is 0.300. The van der Waals surface area contributed by atoms with Gasteiger partial charge < -0.3 is 4.74 Å². The number of ether oxygens (including phenoxy) is 1. The van der Waals surface area contributed by atoms with Gasteiger partial charge in [0.2, 0.25) is 0 Å². The highest BCUT2D eigenvalue weighted by molar-refractivity contribution is 5.87. The number of halogens is 1. The summed E-state index contributed by atoms with van der Waals surface area (Å²) in [5, 5.41) is 4.19. The van der Waals surface area contributed by atoms with Crippen LogP contribution in [0.25, 0.3) is 0 Å². The average molecular weight is 355 g/mol. The minimum absolute atomic E-state index is 0.194. The topological polar surface area (TPSA) is 53.9 Å². The maximum Gasteiger partial charge on any atom is 0.277 e. The van der Waals surface area contributed by atoms with E-state index in [0.717, 1.165) is 38.2 Å². The molecule has 1 aliphatic heterocycles. The Labute approximate surface area is 152 Å². The monoisotopic (exact) mass is 355 g/mol. The van der Waals surface area contributed by atoms with E-state index in [9.17, 15) is 9.18 Å². The van der Waals surface area contributed by atoms with E-state index in [1.165, 1.54) is 23.8 Å². The molecule has 6 heteroatoms. The van der Waals surface area contributed by atoms with E-state index in [1.807, 2.05) is 18.2 Å². The second-order valence-corrected chi connectivity index (χ2v) is 6.22. The number of nitrogens with zero attached hydrogens (tertiary/aromatic N) is 2. The molecule has 0 atom stereocenters. The van der Waals surface area contributed by atoms with E-state index in [0.29, 0.717) is 5.75 Å². The molecule has 1 aliphatic rings. The highest BCUT2D eigenvalue weighted by atomic mass is 19.1. The summed E-state index contributed by atoms with van der Waals surface area (Å²) in [6.07, 6.45) is 1.66. The van der Waals surface area contributed by atoms with Crippen molar-refractivity contribution in [3.63, 3.8) is 0 Å². The molecule has 0 unspecified atom stereocenters. The van der Waals surface area contributed by atoms with Crippen LogP contribution in [-0.4, -0.2) is 36.2 Å². The van der Waals surface area contributed by atoms with Gasteiger partial charge in [-0.25, -0.2) is 9.82 Å². The summed E-state index contributed by atoms with van der Waals surface area (Å²) in [6.45, 7) is 2.58. The first-order chi connectivity index (χ1) is 12.7. The largest absolute Gasteiger partial charge is 0.484 e. The Morgan fingerprint density at radius 3 is 2.62 bits per heavy atom. The van der Waals surface area contributed by atoms with Crippen molar-refractivity contribution < 1.29 is 13.9 Å². The number of carbonyl (C=O) groups is 1. The molecule has 2 aromatic rings.